The van der Waals surface area contributed by atoms with Gasteiger partial charge in [-0.2, -0.15) is 0 Å². The topological polar surface area (TPSA) is 67.8 Å². The molecule has 1 spiro atoms. The van der Waals surface area contributed by atoms with Crippen molar-refractivity contribution in [1.29, 1.82) is 0 Å². The number of pyridine rings is 1. The molecule has 2 aliphatic carbocycles. The zero-order valence-corrected chi connectivity index (χ0v) is 18.1. The molecule has 7 heteroatoms. The van der Waals surface area contributed by atoms with Crippen LogP contribution >= 0.6 is 24.0 Å². The summed E-state index contributed by atoms with van der Waals surface area (Å²) in [7, 11) is 0. The molecule has 2 atom stereocenters. The first-order chi connectivity index (χ1) is 12.3. The first-order valence-electron chi connectivity index (χ1n) is 9.47. The van der Waals surface area contributed by atoms with Crippen LogP contribution in [0.3, 0.4) is 0 Å². The van der Waals surface area contributed by atoms with Crippen molar-refractivity contribution in [3.8, 4) is 5.75 Å². The Morgan fingerprint density at radius 3 is 2.85 bits per heavy atom. The molecule has 2 aliphatic rings. The maximum atomic E-state index is 5.93. The molecule has 2 N–H and O–H groups in total. The lowest BCUT2D eigenvalue weighted by atomic mass is 9.51. The molecule has 3 rings (SSSR count). The molecule has 1 aromatic heterocycles. The molecule has 2 saturated carbocycles. The number of guanidine groups is 1. The average Bonchev–Trinajstić information content (AvgIpc) is 2.57. The van der Waals surface area contributed by atoms with E-state index in [0.717, 1.165) is 31.3 Å². The highest BCUT2D eigenvalue weighted by Crippen LogP contribution is 2.57. The third-order valence-electron chi connectivity index (χ3n) is 5.36. The van der Waals surface area contributed by atoms with Crippen molar-refractivity contribution >= 4 is 29.9 Å². The number of hydrogen-bond donors (Lipinski definition) is 2. The Labute approximate surface area is 173 Å². The Kier molecular flexibility index (Phi) is 8.40. The predicted octanol–water partition coefficient (Wildman–Crippen LogP) is 2.98. The van der Waals surface area contributed by atoms with Crippen molar-refractivity contribution in [2.24, 2.45) is 10.4 Å². The van der Waals surface area contributed by atoms with Gasteiger partial charge >= 0.3 is 0 Å². The quantitative estimate of drug-likeness (QED) is 0.263. The molecule has 2 unspecified atom stereocenters. The van der Waals surface area contributed by atoms with Gasteiger partial charge in [0.2, 0.25) is 0 Å². The summed E-state index contributed by atoms with van der Waals surface area (Å²) in [5, 5.41) is 6.97. The fourth-order valence-electron chi connectivity index (χ4n) is 3.88. The van der Waals surface area contributed by atoms with Gasteiger partial charge in [0.15, 0.2) is 5.96 Å². The first kappa shape index (κ1) is 21.2. The molecule has 0 radical (unpaired) electrons. The van der Waals surface area contributed by atoms with E-state index in [4.69, 9.17) is 9.47 Å². The Morgan fingerprint density at radius 1 is 1.38 bits per heavy atom. The minimum Gasteiger partial charge on any atom is -0.490 e. The van der Waals surface area contributed by atoms with Gasteiger partial charge in [-0.25, -0.2) is 4.99 Å². The third-order valence-corrected chi connectivity index (χ3v) is 5.36. The molecule has 1 aromatic rings. The number of rotatable bonds is 8. The van der Waals surface area contributed by atoms with Gasteiger partial charge in [-0.15, -0.1) is 24.0 Å². The summed E-state index contributed by atoms with van der Waals surface area (Å²) in [4.78, 5) is 8.70. The molecule has 26 heavy (non-hydrogen) atoms. The maximum absolute atomic E-state index is 5.93. The minimum atomic E-state index is 0. The van der Waals surface area contributed by atoms with Crippen LogP contribution in [0.25, 0.3) is 0 Å². The molecule has 0 aromatic carbocycles. The molecule has 0 aliphatic heterocycles. The fourth-order valence-corrected chi connectivity index (χ4v) is 3.88. The summed E-state index contributed by atoms with van der Waals surface area (Å²) in [5.41, 5.74) is 0.332. The predicted molar refractivity (Wildman–Crippen MR) is 114 cm³/mol. The molecule has 0 bridgehead atoms. The van der Waals surface area contributed by atoms with Gasteiger partial charge in [0, 0.05) is 30.8 Å². The number of nitrogens with zero attached hydrogens (tertiary/aromatic N) is 2. The molecule has 0 saturated heterocycles. The van der Waals surface area contributed by atoms with Crippen LogP contribution in [0, 0.1) is 5.41 Å². The highest BCUT2D eigenvalue weighted by molar-refractivity contribution is 14.0. The highest BCUT2D eigenvalue weighted by atomic mass is 127. The molecule has 6 nitrogen and oxygen atoms in total. The first-order valence-corrected chi connectivity index (χ1v) is 9.47. The van der Waals surface area contributed by atoms with Crippen LogP contribution in [0.1, 0.15) is 39.5 Å². The van der Waals surface area contributed by atoms with Crippen molar-refractivity contribution < 1.29 is 9.47 Å². The second kappa shape index (κ2) is 10.3. The number of aliphatic imine (C=N–C) groups is 1. The largest absolute Gasteiger partial charge is 0.490 e. The zero-order valence-electron chi connectivity index (χ0n) is 15.7. The van der Waals surface area contributed by atoms with Crippen molar-refractivity contribution in [3.63, 3.8) is 0 Å². The summed E-state index contributed by atoms with van der Waals surface area (Å²) in [6.07, 6.45) is 8.79. The SMILES string of the molecule is CCNC(=NCCOc1cccnc1)NC1CC(OCC)C12CCC2.I. The van der Waals surface area contributed by atoms with E-state index < -0.39 is 0 Å². The van der Waals surface area contributed by atoms with Crippen molar-refractivity contribution in [1.82, 2.24) is 15.6 Å². The number of ether oxygens (including phenoxy) is 2. The molecule has 0 amide bonds. The zero-order chi connectivity index (χ0) is 17.5. The monoisotopic (exact) mass is 474 g/mol. The van der Waals surface area contributed by atoms with Gasteiger partial charge < -0.3 is 20.1 Å². The molecule has 1 heterocycles. The normalized spacial score (nSPS) is 23.4. The summed E-state index contributed by atoms with van der Waals surface area (Å²) in [6.45, 7) is 6.98. The molecular weight excluding hydrogens is 443 g/mol. The van der Waals surface area contributed by atoms with Crippen molar-refractivity contribution in [3.05, 3.63) is 24.5 Å². The second-order valence-corrected chi connectivity index (χ2v) is 6.76. The Balaban J connectivity index is 0.00000243. The van der Waals surface area contributed by atoms with Crippen molar-refractivity contribution in [2.75, 3.05) is 26.3 Å². The van der Waals surface area contributed by atoms with Crippen LogP contribution < -0.4 is 15.4 Å². The summed E-state index contributed by atoms with van der Waals surface area (Å²) in [6, 6.07) is 4.24. The van der Waals surface area contributed by atoms with Crippen LogP contribution in [0.2, 0.25) is 0 Å². The van der Waals surface area contributed by atoms with Gasteiger partial charge in [0.05, 0.1) is 18.8 Å². The Bertz CT molecular complexity index is 566. The van der Waals surface area contributed by atoms with E-state index in [0.29, 0.717) is 30.7 Å². The number of nitrogens with one attached hydrogen (secondary N) is 2. The molecular formula is C19H31IN4O2. The minimum absolute atomic E-state index is 0. The van der Waals surface area contributed by atoms with Gasteiger partial charge in [0.1, 0.15) is 12.4 Å². The highest BCUT2D eigenvalue weighted by Gasteiger charge is 2.59. The summed E-state index contributed by atoms with van der Waals surface area (Å²) in [5.74, 6) is 1.66. The number of aromatic nitrogens is 1. The van der Waals surface area contributed by atoms with Crippen molar-refractivity contribution in [2.45, 2.75) is 51.7 Å². The molecule has 146 valence electrons. The van der Waals surface area contributed by atoms with E-state index in [1.54, 1.807) is 12.4 Å². The summed E-state index contributed by atoms with van der Waals surface area (Å²) >= 11 is 0. The van der Waals surface area contributed by atoms with Crippen LogP contribution in [-0.2, 0) is 4.74 Å². The smallest absolute Gasteiger partial charge is 0.191 e. The van der Waals surface area contributed by atoms with Crippen LogP contribution in [0.5, 0.6) is 5.75 Å². The lowest BCUT2D eigenvalue weighted by molar-refractivity contribution is -0.168. The second-order valence-electron chi connectivity index (χ2n) is 6.76. The van der Waals surface area contributed by atoms with Crippen LogP contribution in [0.4, 0.5) is 0 Å². The Hall–Kier alpha value is -1.09. The van der Waals surface area contributed by atoms with Gasteiger partial charge in [0.25, 0.3) is 0 Å². The third kappa shape index (κ3) is 4.79. The van der Waals surface area contributed by atoms with E-state index in [-0.39, 0.29) is 24.0 Å². The van der Waals surface area contributed by atoms with Gasteiger partial charge in [-0.1, -0.05) is 6.42 Å². The Morgan fingerprint density at radius 2 is 2.23 bits per heavy atom. The standard InChI is InChI=1S/C19H30N4O2.HI/c1-3-21-18(22-11-12-25-15-7-5-10-20-14-15)23-16-13-17(24-4-2)19(16)8-6-9-19;/h5,7,10,14,16-17H,3-4,6,8-9,11-13H2,1-2H3,(H2,21,22,23);1H. The average molecular weight is 474 g/mol. The van der Waals surface area contributed by atoms with Gasteiger partial charge in [-0.05, 0) is 45.2 Å². The van der Waals surface area contributed by atoms with E-state index in [2.05, 4.69) is 34.5 Å². The van der Waals surface area contributed by atoms with Crippen LogP contribution in [0.15, 0.2) is 29.5 Å². The maximum Gasteiger partial charge on any atom is 0.191 e. The van der Waals surface area contributed by atoms with E-state index in [9.17, 15) is 0 Å². The van der Waals surface area contributed by atoms with E-state index in [1.807, 2.05) is 12.1 Å². The van der Waals surface area contributed by atoms with E-state index >= 15 is 0 Å². The summed E-state index contributed by atoms with van der Waals surface area (Å²) < 4.78 is 11.6. The number of halogens is 1. The fraction of sp³-hybridized carbons (Fsp3) is 0.684. The molecule has 2 fully saturated rings. The lowest BCUT2D eigenvalue weighted by Gasteiger charge is -2.61. The number of hydrogen-bond acceptors (Lipinski definition) is 4. The van der Waals surface area contributed by atoms with Gasteiger partial charge in [-0.3, -0.25) is 4.98 Å². The lowest BCUT2D eigenvalue weighted by Crippen LogP contribution is -2.68. The van der Waals surface area contributed by atoms with Crippen LogP contribution in [-0.4, -0.2) is 49.4 Å². The van der Waals surface area contributed by atoms with E-state index in [1.165, 1.54) is 19.3 Å².